The number of morpholine rings is 1. The Labute approximate surface area is 247 Å². The van der Waals surface area contributed by atoms with Crippen LogP contribution in [0.5, 0.6) is 0 Å². The number of hydrogen-bond acceptors (Lipinski definition) is 8. The fourth-order valence-corrected chi connectivity index (χ4v) is 6.55. The molecule has 2 aromatic heterocycles. The molecule has 5 rings (SSSR count). The number of thiocarbonyl (C=S) groups is 1. The minimum Gasteiger partial charge on any atom is -0.378 e. The van der Waals surface area contributed by atoms with Crippen LogP contribution in [-0.4, -0.2) is 50.5 Å². The summed E-state index contributed by atoms with van der Waals surface area (Å²) < 4.78 is 10.6. The standard InChI is InChI=1S/C29H30N6O4S2/c1-5-11-33-25(32-12-14-39-15-13-32)21(18(2)22(17-30)26(33)36)16-23-27(37)34(29(40)41-23)24-19(3)31(4)35(28(24)38)20-9-7-6-8-10-20/h6-10,16H,5,11-15H2,1-4H3/b23-16-. The number of carbonyl (C=O) groups excluding carboxylic acids is 1. The van der Waals surface area contributed by atoms with Gasteiger partial charge in [0.25, 0.3) is 17.0 Å². The number of aromatic nitrogens is 3. The Bertz CT molecular complexity index is 1740. The number of nitriles is 1. The summed E-state index contributed by atoms with van der Waals surface area (Å²) in [4.78, 5) is 44.7. The molecule has 0 spiro atoms. The molecule has 10 nitrogen and oxygen atoms in total. The van der Waals surface area contributed by atoms with E-state index < -0.39 is 5.91 Å². The normalized spacial score (nSPS) is 16.6. The summed E-state index contributed by atoms with van der Waals surface area (Å²) >= 11 is 6.74. The fraction of sp³-hybridized carbons (Fsp3) is 0.345. The van der Waals surface area contributed by atoms with Gasteiger partial charge < -0.3 is 9.64 Å². The van der Waals surface area contributed by atoms with E-state index in [1.807, 2.05) is 37.3 Å². The van der Waals surface area contributed by atoms with E-state index in [1.165, 1.54) is 9.58 Å². The highest BCUT2D eigenvalue weighted by atomic mass is 32.2. The molecule has 41 heavy (non-hydrogen) atoms. The third-order valence-corrected chi connectivity index (χ3v) is 8.72. The van der Waals surface area contributed by atoms with Crippen molar-refractivity contribution in [1.82, 2.24) is 13.9 Å². The zero-order valence-corrected chi connectivity index (χ0v) is 25.0. The highest BCUT2D eigenvalue weighted by Crippen LogP contribution is 2.38. The summed E-state index contributed by atoms with van der Waals surface area (Å²) in [6.45, 7) is 8.04. The Hall–Kier alpha value is -3.92. The smallest absolute Gasteiger partial charge is 0.296 e. The van der Waals surface area contributed by atoms with Gasteiger partial charge in [0.2, 0.25) is 0 Å². The molecule has 0 N–H and O–H groups in total. The lowest BCUT2D eigenvalue weighted by Crippen LogP contribution is -2.41. The predicted octanol–water partition coefficient (Wildman–Crippen LogP) is 3.48. The van der Waals surface area contributed by atoms with E-state index >= 15 is 0 Å². The first kappa shape index (κ1) is 28.6. The van der Waals surface area contributed by atoms with E-state index in [4.69, 9.17) is 17.0 Å². The number of ether oxygens (including phenoxy) is 1. The highest BCUT2D eigenvalue weighted by molar-refractivity contribution is 8.27. The summed E-state index contributed by atoms with van der Waals surface area (Å²) in [7, 11) is 1.76. The molecule has 2 fully saturated rings. The van der Waals surface area contributed by atoms with Gasteiger partial charge in [-0.25, -0.2) is 4.68 Å². The molecule has 2 aliphatic heterocycles. The van der Waals surface area contributed by atoms with E-state index in [2.05, 4.69) is 11.0 Å². The number of thioether (sulfide) groups is 1. The first-order valence-electron chi connectivity index (χ1n) is 13.3. The van der Waals surface area contributed by atoms with Crippen molar-refractivity contribution in [1.29, 1.82) is 5.26 Å². The van der Waals surface area contributed by atoms with Crippen LogP contribution in [0.4, 0.5) is 11.5 Å². The van der Waals surface area contributed by atoms with Crippen LogP contribution in [0.3, 0.4) is 0 Å². The minimum absolute atomic E-state index is 0.0434. The van der Waals surface area contributed by atoms with Gasteiger partial charge in [0.05, 0.1) is 29.5 Å². The van der Waals surface area contributed by atoms with Crippen molar-refractivity contribution in [2.45, 2.75) is 33.7 Å². The Morgan fingerprint density at radius 3 is 2.41 bits per heavy atom. The zero-order valence-electron chi connectivity index (χ0n) is 23.3. The largest absolute Gasteiger partial charge is 0.378 e. The van der Waals surface area contributed by atoms with E-state index in [9.17, 15) is 19.6 Å². The SMILES string of the molecule is CCCn1c(N2CCOCC2)c(/C=C2\SC(=S)N(c3c(C)n(C)n(-c4ccccc4)c3=O)C2=O)c(C)c(C#N)c1=O. The number of pyridine rings is 1. The summed E-state index contributed by atoms with van der Waals surface area (Å²) in [5, 5.41) is 9.89. The minimum atomic E-state index is -0.426. The molecule has 0 saturated carbocycles. The van der Waals surface area contributed by atoms with Gasteiger partial charge in [-0.05, 0) is 44.0 Å². The van der Waals surface area contributed by atoms with Crippen LogP contribution >= 0.6 is 24.0 Å². The summed E-state index contributed by atoms with van der Waals surface area (Å²) in [5.74, 6) is 0.231. The third kappa shape index (κ3) is 4.84. The maximum absolute atomic E-state index is 13.9. The summed E-state index contributed by atoms with van der Waals surface area (Å²) in [5.41, 5.74) is 1.90. The molecule has 0 bridgehead atoms. The van der Waals surface area contributed by atoms with Crippen LogP contribution in [0.2, 0.25) is 0 Å². The lowest BCUT2D eigenvalue weighted by molar-refractivity contribution is -0.113. The number of para-hydroxylation sites is 1. The number of amides is 1. The number of anilines is 2. The average molecular weight is 591 g/mol. The van der Waals surface area contributed by atoms with Gasteiger partial charge in [0.15, 0.2) is 4.32 Å². The maximum atomic E-state index is 13.9. The number of carbonyl (C=O) groups is 1. The lowest BCUT2D eigenvalue weighted by Gasteiger charge is -2.33. The molecule has 0 atom stereocenters. The molecule has 0 radical (unpaired) electrons. The number of benzene rings is 1. The zero-order chi connectivity index (χ0) is 29.4. The van der Waals surface area contributed by atoms with E-state index in [0.29, 0.717) is 72.5 Å². The van der Waals surface area contributed by atoms with Crippen LogP contribution < -0.4 is 20.9 Å². The second-order valence-electron chi connectivity index (χ2n) is 9.83. The van der Waals surface area contributed by atoms with Crippen molar-refractivity contribution in [2.24, 2.45) is 7.05 Å². The molecular weight excluding hydrogens is 560 g/mol. The Kier molecular flexibility index (Phi) is 8.04. The number of hydrogen-bond donors (Lipinski definition) is 0. The van der Waals surface area contributed by atoms with Gasteiger partial charge in [0, 0.05) is 32.2 Å². The average Bonchev–Trinajstić information content (AvgIpc) is 3.36. The monoisotopic (exact) mass is 590 g/mol. The van der Waals surface area contributed by atoms with E-state index in [-0.39, 0.29) is 26.7 Å². The highest BCUT2D eigenvalue weighted by Gasteiger charge is 2.38. The molecule has 1 aromatic carbocycles. The van der Waals surface area contributed by atoms with Crippen molar-refractivity contribution in [2.75, 3.05) is 36.1 Å². The molecule has 2 saturated heterocycles. The van der Waals surface area contributed by atoms with Gasteiger partial charge in [-0.2, -0.15) is 5.26 Å². The van der Waals surface area contributed by atoms with Gasteiger partial charge in [0.1, 0.15) is 23.1 Å². The molecule has 1 amide bonds. The van der Waals surface area contributed by atoms with Crippen molar-refractivity contribution in [3.8, 4) is 11.8 Å². The number of rotatable bonds is 6. The Morgan fingerprint density at radius 1 is 1.10 bits per heavy atom. The van der Waals surface area contributed by atoms with Crippen molar-refractivity contribution in [3.05, 3.63) is 78.3 Å². The predicted molar refractivity (Wildman–Crippen MR) is 165 cm³/mol. The lowest BCUT2D eigenvalue weighted by atomic mass is 10.0. The topological polar surface area (TPSA) is 106 Å². The second kappa shape index (κ2) is 11.5. The molecule has 3 aromatic rings. The second-order valence-corrected chi connectivity index (χ2v) is 11.5. The Balaban J connectivity index is 1.66. The molecule has 212 valence electrons. The van der Waals surface area contributed by atoms with Crippen LogP contribution in [0.15, 0.2) is 44.8 Å². The van der Waals surface area contributed by atoms with Crippen molar-refractivity contribution < 1.29 is 9.53 Å². The molecule has 2 aliphatic rings. The molecule has 4 heterocycles. The summed E-state index contributed by atoms with van der Waals surface area (Å²) in [6.07, 6.45) is 2.40. The van der Waals surface area contributed by atoms with E-state index in [1.54, 1.807) is 36.2 Å². The maximum Gasteiger partial charge on any atom is 0.296 e. The quantitative estimate of drug-likeness (QED) is 0.318. The van der Waals surface area contributed by atoms with Gasteiger partial charge in [-0.3, -0.25) is 28.5 Å². The van der Waals surface area contributed by atoms with Crippen molar-refractivity contribution >= 4 is 51.8 Å². The molecule has 12 heteroatoms. The molecule has 0 aliphatic carbocycles. The van der Waals surface area contributed by atoms with Crippen LogP contribution in [0.25, 0.3) is 11.8 Å². The fourth-order valence-electron chi connectivity index (χ4n) is 5.29. The van der Waals surface area contributed by atoms with Crippen molar-refractivity contribution in [3.63, 3.8) is 0 Å². The Morgan fingerprint density at radius 2 is 1.78 bits per heavy atom. The van der Waals surface area contributed by atoms with E-state index in [0.717, 1.165) is 11.8 Å². The molecular formula is C29H30N6O4S2. The van der Waals surface area contributed by atoms with Crippen LogP contribution in [0, 0.1) is 25.2 Å². The first-order chi connectivity index (χ1) is 19.7. The van der Waals surface area contributed by atoms with Gasteiger partial charge in [-0.15, -0.1) is 0 Å². The van der Waals surface area contributed by atoms with Crippen LogP contribution in [-0.2, 0) is 23.1 Å². The van der Waals surface area contributed by atoms with Crippen LogP contribution in [0.1, 0.15) is 35.7 Å². The molecule has 0 unspecified atom stereocenters. The number of nitrogens with zero attached hydrogens (tertiary/aromatic N) is 6. The first-order valence-corrected chi connectivity index (χ1v) is 14.6. The van der Waals surface area contributed by atoms with Gasteiger partial charge in [-0.1, -0.05) is 49.1 Å². The third-order valence-electron chi connectivity index (χ3n) is 7.42. The summed E-state index contributed by atoms with van der Waals surface area (Å²) in [6, 6.07) is 11.3. The van der Waals surface area contributed by atoms with Gasteiger partial charge >= 0.3 is 0 Å².